The van der Waals surface area contributed by atoms with Crippen molar-refractivity contribution in [1.82, 2.24) is 0 Å². The number of thiophene rings is 1. The van der Waals surface area contributed by atoms with E-state index in [2.05, 4.69) is 21.2 Å². The highest BCUT2D eigenvalue weighted by Gasteiger charge is 2.13. The smallest absolute Gasteiger partial charge is 0.267 e. The van der Waals surface area contributed by atoms with Gasteiger partial charge in [-0.1, -0.05) is 23.2 Å². The number of carbonyl (C=O) groups is 1. The Morgan fingerprint density at radius 2 is 2.06 bits per heavy atom. The topological polar surface area (TPSA) is 29.1 Å². The number of hydrogen-bond acceptors (Lipinski definition) is 2. The van der Waals surface area contributed by atoms with Gasteiger partial charge in [0.05, 0.1) is 10.7 Å². The summed E-state index contributed by atoms with van der Waals surface area (Å²) in [5.41, 5.74) is 0.618. The van der Waals surface area contributed by atoms with E-state index in [1.165, 1.54) is 11.3 Å². The van der Waals surface area contributed by atoms with Crippen LogP contribution in [0.15, 0.2) is 34.1 Å². The Hall–Kier alpha value is -0.550. The molecule has 0 fully saturated rings. The molecule has 2 nitrogen and oxygen atoms in total. The maximum Gasteiger partial charge on any atom is 0.267 e. The number of amides is 1. The van der Waals surface area contributed by atoms with Crippen molar-refractivity contribution in [2.45, 2.75) is 0 Å². The fraction of sp³-hybridized carbons (Fsp3) is 0. The van der Waals surface area contributed by atoms with Gasteiger partial charge in [-0.05, 0) is 45.6 Å². The zero-order chi connectivity index (χ0) is 12.4. The van der Waals surface area contributed by atoms with Gasteiger partial charge in [0.25, 0.3) is 5.91 Å². The Morgan fingerprint density at radius 3 is 2.71 bits per heavy atom. The van der Waals surface area contributed by atoms with Crippen LogP contribution in [-0.2, 0) is 0 Å². The molecule has 0 radical (unpaired) electrons. The van der Waals surface area contributed by atoms with E-state index in [4.69, 9.17) is 23.2 Å². The van der Waals surface area contributed by atoms with E-state index in [1.807, 2.05) is 0 Å². The van der Waals surface area contributed by atoms with Crippen LogP contribution in [0.25, 0.3) is 0 Å². The van der Waals surface area contributed by atoms with Gasteiger partial charge in [-0.3, -0.25) is 4.79 Å². The van der Waals surface area contributed by atoms with Crippen LogP contribution in [0.5, 0.6) is 0 Å². The minimum Gasteiger partial charge on any atom is -0.320 e. The monoisotopic (exact) mass is 349 g/mol. The number of rotatable bonds is 2. The van der Waals surface area contributed by atoms with Crippen LogP contribution in [0.3, 0.4) is 0 Å². The normalized spacial score (nSPS) is 10.3. The van der Waals surface area contributed by atoms with E-state index in [0.29, 0.717) is 20.6 Å². The Labute approximate surface area is 121 Å². The molecule has 6 heteroatoms. The van der Waals surface area contributed by atoms with Crippen molar-refractivity contribution in [1.29, 1.82) is 0 Å². The molecule has 0 unspecified atom stereocenters. The molecule has 1 amide bonds. The first-order valence-electron chi connectivity index (χ1n) is 4.57. The summed E-state index contributed by atoms with van der Waals surface area (Å²) in [7, 11) is 0. The summed E-state index contributed by atoms with van der Waals surface area (Å²) in [4.78, 5) is 12.4. The number of anilines is 1. The van der Waals surface area contributed by atoms with Gasteiger partial charge < -0.3 is 5.32 Å². The molecule has 0 aliphatic carbocycles. The second-order valence-electron chi connectivity index (χ2n) is 3.18. The molecule has 0 aliphatic rings. The number of hydrogen-bond donors (Lipinski definition) is 1. The molecule has 0 bridgehead atoms. The summed E-state index contributed by atoms with van der Waals surface area (Å²) >= 11 is 16.4. The molecule has 0 saturated heterocycles. The zero-order valence-corrected chi connectivity index (χ0v) is 12.3. The minimum atomic E-state index is -0.243. The van der Waals surface area contributed by atoms with Crippen LogP contribution in [0.4, 0.5) is 5.69 Å². The summed E-state index contributed by atoms with van der Waals surface area (Å²) in [5, 5.41) is 5.52. The first-order chi connectivity index (χ1) is 8.08. The van der Waals surface area contributed by atoms with Crippen LogP contribution >= 0.6 is 50.5 Å². The first-order valence-corrected chi connectivity index (χ1v) is 7.00. The molecule has 1 heterocycles. The standard InChI is InChI=1S/C11H6BrCl2NOS/c12-7-2-1-6(13)5-9(7)15-11(16)10-8(14)3-4-17-10/h1-5H,(H,15,16). The molecule has 0 spiro atoms. The van der Waals surface area contributed by atoms with Gasteiger partial charge in [-0.25, -0.2) is 0 Å². The molecular weight excluding hydrogens is 345 g/mol. The van der Waals surface area contributed by atoms with Gasteiger partial charge in [-0.2, -0.15) is 0 Å². The van der Waals surface area contributed by atoms with Crippen molar-refractivity contribution >= 4 is 62.1 Å². The molecular formula is C11H6BrCl2NOS. The van der Waals surface area contributed by atoms with Crippen molar-refractivity contribution in [2.75, 3.05) is 5.32 Å². The Kier molecular flexibility index (Phi) is 4.09. The number of nitrogens with one attached hydrogen (secondary N) is 1. The maximum absolute atomic E-state index is 11.9. The van der Waals surface area contributed by atoms with Crippen LogP contribution in [-0.4, -0.2) is 5.91 Å². The van der Waals surface area contributed by atoms with Crippen molar-refractivity contribution in [3.63, 3.8) is 0 Å². The second kappa shape index (κ2) is 5.40. The van der Waals surface area contributed by atoms with Crippen LogP contribution in [0, 0.1) is 0 Å². The SMILES string of the molecule is O=C(Nc1cc(Cl)ccc1Br)c1sccc1Cl. The molecule has 0 aliphatic heterocycles. The summed E-state index contributed by atoms with van der Waals surface area (Å²) in [6.07, 6.45) is 0. The van der Waals surface area contributed by atoms with E-state index in [0.717, 1.165) is 4.47 Å². The fourth-order valence-electron chi connectivity index (χ4n) is 1.23. The molecule has 17 heavy (non-hydrogen) atoms. The van der Waals surface area contributed by atoms with Crippen LogP contribution in [0.2, 0.25) is 10.0 Å². The third-order valence-electron chi connectivity index (χ3n) is 2.00. The van der Waals surface area contributed by atoms with Crippen molar-refractivity contribution in [3.05, 3.63) is 49.0 Å². The molecule has 88 valence electrons. The second-order valence-corrected chi connectivity index (χ2v) is 5.79. The number of carbonyl (C=O) groups excluding carboxylic acids is 1. The van der Waals surface area contributed by atoms with E-state index >= 15 is 0 Å². The summed E-state index contributed by atoms with van der Waals surface area (Å²) in [5.74, 6) is -0.243. The van der Waals surface area contributed by atoms with E-state index in [1.54, 1.807) is 29.6 Å². The average Bonchev–Trinajstić information content (AvgIpc) is 2.70. The highest BCUT2D eigenvalue weighted by atomic mass is 79.9. The van der Waals surface area contributed by atoms with Gasteiger partial charge in [-0.15, -0.1) is 11.3 Å². The predicted octanol–water partition coefficient (Wildman–Crippen LogP) is 5.07. The molecule has 2 rings (SSSR count). The Morgan fingerprint density at radius 1 is 1.29 bits per heavy atom. The van der Waals surface area contributed by atoms with Gasteiger partial charge in [0.2, 0.25) is 0 Å². The summed E-state index contributed by atoms with van der Waals surface area (Å²) < 4.78 is 0.767. The summed E-state index contributed by atoms with van der Waals surface area (Å²) in [6, 6.07) is 6.87. The Balaban J connectivity index is 2.24. The van der Waals surface area contributed by atoms with Gasteiger partial charge in [0.1, 0.15) is 4.88 Å². The molecule has 1 N–H and O–H groups in total. The van der Waals surface area contributed by atoms with Crippen molar-refractivity contribution in [3.8, 4) is 0 Å². The van der Waals surface area contributed by atoms with Crippen molar-refractivity contribution < 1.29 is 4.79 Å². The molecule has 1 aromatic heterocycles. The first kappa shape index (κ1) is 12.9. The lowest BCUT2D eigenvalue weighted by Gasteiger charge is -2.06. The number of benzene rings is 1. The van der Waals surface area contributed by atoms with Gasteiger partial charge in [0.15, 0.2) is 0 Å². The largest absolute Gasteiger partial charge is 0.320 e. The fourth-order valence-corrected chi connectivity index (χ4v) is 2.78. The minimum absolute atomic E-state index is 0.243. The third kappa shape index (κ3) is 3.01. The van der Waals surface area contributed by atoms with E-state index in [-0.39, 0.29) is 5.91 Å². The zero-order valence-electron chi connectivity index (χ0n) is 8.34. The molecule has 0 atom stereocenters. The quantitative estimate of drug-likeness (QED) is 0.804. The summed E-state index contributed by atoms with van der Waals surface area (Å²) in [6.45, 7) is 0. The van der Waals surface area contributed by atoms with E-state index < -0.39 is 0 Å². The lowest BCUT2D eigenvalue weighted by molar-refractivity contribution is 0.103. The van der Waals surface area contributed by atoms with E-state index in [9.17, 15) is 4.79 Å². The molecule has 2 aromatic rings. The average molecular weight is 351 g/mol. The lowest BCUT2D eigenvalue weighted by Crippen LogP contribution is -2.11. The molecule has 0 saturated carbocycles. The van der Waals surface area contributed by atoms with Crippen LogP contribution < -0.4 is 5.32 Å². The van der Waals surface area contributed by atoms with Crippen LogP contribution in [0.1, 0.15) is 9.67 Å². The Bertz CT molecular complexity index is 570. The number of halogens is 3. The maximum atomic E-state index is 11.9. The molecule has 1 aromatic carbocycles. The van der Waals surface area contributed by atoms with Gasteiger partial charge in [0, 0.05) is 9.50 Å². The van der Waals surface area contributed by atoms with Crippen molar-refractivity contribution in [2.24, 2.45) is 0 Å². The highest BCUT2D eigenvalue weighted by molar-refractivity contribution is 9.10. The van der Waals surface area contributed by atoms with Gasteiger partial charge >= 0.3 is 0 Å². The third-order valence-corrected chi connectivity index (χ3v) is 4.27. The highest BCUT2D eigenvalue weighted by Crippen LogP contribution is 2.28. The predicted molar refractivity (Wildman–Crippen MR) is 76.4 cm³/mol. The lowest BCUT2D eigenvalue weighted by atomic mass is 10.3.